The molecule has 1 saturated carbocycles. The van der Waals surface area contributed by atoms with E-state index in [1.54, 1.807) is 13.8 Å². The van der Waals surface area contributed by atoms with E-state index < -0.39 is 28.5 Å². The first-order valence-corrected chi connectivity index (χ1v) is 21.3. The van der Waals surface area contributed by atoms with Gasteiger partial charge in [-0.25, -0.2) is 0 Å². The van der Waals surface area contributed by atoms with E-state index in [9.17, 15) is 10.2 Å². The average Bonchev–Trinajstić information content (AvgIpc) is 3.69. The standard InChI is InChI=1S/C45H86O10/c1-17-49-32(4)52-27-37(29-53-40(5,6)24-35-23-33-20-21-34(35)22-33)42(9,10)45(15,16)54-28-36(25-46)41(7,8)44(13,14)55-30-38(43(11,12)47)26-48-31-39(50-18-2)51-19-3/h20-21,32-39,46-47H,17-19,22-31H2,1-16H3. The Morgan fingerprint density at radius 3 is 1.60 bits per heavy atom. The van der Waals surface area contributed by atoms with Gasteiger partial charge in [-0.3, -0.25) is 0 Å². The Bertz CT molecular complexity index is 1100. The molecule has 7 atom stereocenters. The van der Waals surface area contributed by atoms with Crippen LogP contribution in [0.2, 0.25) is 0 Å². The highest BCUT2D eigenvalue weighted by Crippen LogP contribution is 2.48. The van der Waals surface area contributed by atoms with Crippen molar-refractivity contribution >= 4 is 0 Å². The Morgan fingerprint density at radius 2 is 1.13 bits per heavy atom. The van der Waals surface area contributed by atoms with Gasteiger partial charge in [0, 0.05) is 55.0 Å². The van der Waals surface area contributed by atoms with Gasteiger partial charge in [0.2, 0.25) is 0 Å². The van der Waals surface area contributed by atoms with E-state index in [0.29, 0.717) is 51.5 Å². The minimum absolute atomic E-state index is 0.00306. The number of fused-ring (bicyclic) bond motifs is 2. The van der Waals surface area contributed by atoms with Gasteiger partial charge in [0.25, 0.3) is 0 Å². The second-order valence-corrected chi connectivity index (χ2v) is 19.6. The van der Waals surface area contributed by atoms with Gasteiger partial charge < -0.3 is 48.1 Å². The number of rotatable bonds is 30. The molecule has 2 bridgehead atoms. The molecule has 0 aromatic rings. The number of hydrogen-bond donors (Lipinski definition) is 2. The third-order valence-electron chi connectivity index (χ3n) is 13.7. The molecule has 10 heteroatoms. The molecular weight excluding hydrogens is 700 g/mol. The van der Waals surface area contributed by atoms with E-state index in [1.807, 2.05) is 41.5 Å². The van der Waals surface area contributed by atoms with Crippen LogP contribution >= 0.6 is 0 Å². The van der Waals surface area contributed by atoms with Crippen molar-refractivity contribution in [1.82, 2.24) is 0 Å². The highest BCUT2D eigenvalue weighted by molar-refractivity contribution is 5.10. The molecule has 2 N–H and O–H groups in total. The van der Waals surface area contributed by atoms with Gasteiger partial charge >= 0.3 is 0 Å². The zero-order valence-corrected chi connectivity index (χ0v) is 38.1. The van der Waals surface area contributed by atoms with Crippen molar-refractivity contribution in [2.75, 3.05) is 66.1 Å². The van der Waals surface area contributed by atoms with E-state index in [4.69, 9.17) is 37.9 Å². The molecule has 0 aromatic heterocycles. The van der Waals surface area contributed by atoms with Crippen LogP contribution in [0.25, 0.3) is 0 Å². The predicted octanol–water partition coefficient (Wildman–Crippen LogP) is 8.45. The molecule has 55 heavy (non-hydrogen) atoms. The lowest BCUT2D eigenvalue weighted by Gasteiger charge is -2.50. The molecule has 2 aliphatic carbocycles. The number of ether oxygens (including phenoxy) is 8. The Balaban J connectivity index is 2.14. The van der Waals surface area contributed by atoms with Crippen LogP contribution in [0, 0.1) is 46.3 Å². The molecule has 0 aliphatic heterocycles. The molecule has 0 saturated heterocycles. The first-order valence-electron chi connectivity index (χ1n) is 21.3. The molecule has 326 valence electrons. The molecule has 1 fully saturated rings. The van der Waals surface area contributed by atoms with Gasteiger partial charge in [0.15, 0.2) is 12.6 Å². The lowest BCUT2D eigenvalue weighted by atomic mass is 9.66. The summed E-state index contributed by atoms with van der Waals surface area (Å²) in [4.78, 5) is 0. The fourth-order valence-electron chi connectivity index (χ4n) is 7.89. The molecular formula is C45H86O10. The molecule has 10 nitrogen and oxygen atoms in total. The quantitative estimate of drug-likeness (QED) is 0.0543. The lowest BCUT2D eigenvalue weighted by molar-refractivity contribution is -0.206. The van der Waals surface area contributed by atoms with Crippen LogP contribution in [-0.2, 0) is 37.9 Å². The predicted molar refractivity (Wildman–Crippen MR) is 220 cm³/mol. The van der Waals surface area contributed by atoms with Crippen molar-refractivity contribution in [3.63, 3.8) is 0 Å². The third kappa shape index (κ3) is 14.8. The van der Waals surface area contributed by atoms with Crippen molar-refractivity contribution in [2.45, 2.75) is 165 Å². The van der Waals surface area contributed by atoms with Crippen LogP contribution < -0.4 is 0 Å². The minimum Gasteiger partial charge on any atom is -0.396 e. The van der Waals surface area contributed by atoms with E-state index in [1.165, 1.54) is 12.8 Å². The number of allylic oxidation sites excluding steroid dienone is 2. The van der Waals surface area contributed by atoms with Crippen molar-refractivity contribution in [1.29, 1.82) is 0 Å². The Kier molecular flexibility index (Phi) is 19.8. The maximum Gasteiger partial charge on any atom is 0.180 e. The number of hydrogen-bond acceptors (Lipinski definition) is 10. The smallest absolute Gasteiger partial charge is 0.180 e. The largest absolute Gasteiger partial charge is 0.396 e. The SMILES string of the molecule is CCOC(C)OCC(COC(C)(C)CC1CC2C=CC1C2)C(C)(C)C(C)(C)OCC(CO)C(C)(C)C(C)(C)OCC(COCC(OCC)OCC)C(C)(C)O. The zero-order chi connectivity index (χ0) is 41.9. The molecule has 0 heterocycles. The summed E-state index contributed by atoms with van der Waals surface area (Å²) in [5, 5.41) is 21.9. The summed E-state index contributed by atoms with van der Waals surface area (Å²) in [7, 11) is 0. The van der Waals surface area contributed by atoms with Crippen molar-refractivity contribution in [3.8, 4) is 0 Å². The van der Waals surface area contributed by atoms with Crippen LogP contribution in [0.5, 0.6) is 0 Å². The van der Waals surface area contributed by atoms with Crippen molar-refractivity contribution < 1.29 is 48.1 Å². The third-order valence-corrected chi connectivity index (χ3v) is 13.7. The Hall–Kier alpha value is -0.660. The van der Waals surface area contributed by atoms with Gasteiger partial charge in [-0.2, -0.15) is 0 Å². The van der Waals surface area contributed by atoms with Crippen molar-refractivity contribution in [2.24, 2.45) is 46.3 Å². The van der Waals surface area contributed by atoms with Gasteiger partial charge in [0.05, 0.1) is 62.0 Å². The van der Waals surface area contributed by atoms with Crippen LogP contribution in [0.15, 0.2) is 12.2 Å². The topological polar surface area (TPSA) is 114 Å². The molecule has 2 aliphatic rings. The van der Waals surface area contributed by atoms with Gasteiger partial charge in [-0.05, 0) is 120 Å². The zero-order valence-electron chi connectivity index (χ0n) is 38.1. The van der Waals surface area contributed by atoms with E-state index >= 15 is 0 Å². The highest BCUT2D eigenvalue weighted by Gasteiger charge is 2.49. The summed E-state index contributed by atoms with van der Waals surface area (Å²) in [6.07, 6.45) is 7.64. The van der Waals surface area contributed by atoms with E-state index in [0.717, 1.165) is 12.3 Å². The van der Waals surface area contributed by atoms with Crippen LogP contribution in [-0.4, -0.2) is 111 Å². The first kappa shape index (κ1) is 50.5. The molecule has 2 rings (SSSR count). The number of aliphatic hydroxyl groups is 2. The van der Waals surface area contributed by atoms with E-state index in [-0.39, 0.29) is 61.5 Å². The summed E-state index contributed by atoms with van der Waals surface area (Å²) in [5.74, 6) is 1.55. The highest BCUT2D eigenvalue weighted by atomic mass is 16.7. The maximum atomic E-state index is 11.1. The summed E-state index contributed by atoms with van der Waals surface area (Å²) in [6.45, 7) is 36.5. The Labute approximate surface area is 337 Å². The van der Waals surface area contributed by atoms with Crippen molar-refractivity contribution in [3.05, 3.63) is 12.2 Å². The fraction of sp³-hybridized carbons (Fsp3) is 0.956. The lowest BCUT2D eigenvalue weighted by Crippen LogP contribution is -2.54. The normalized spacial score (nSPS) is 22.1. The van der Waals surface area contributed by atoms with Crippen LogP contribution in [0.3, 0.4) is 0 Å². The second kappa shape index (κ2) is 21.6. The minimum atomic E-state index is -1.05. The van der Waals surface area contributed by atoms with Gasteiger partial charge in [-0.15, -0.1) is 0 Å². The molecule has 0 radical (unpaired) electrons. The number of aliphatic hydroxyl groups excluding tert-OH is 1. The van der Waals surface area contributed by atoms with Crippen LogP contribution in [0.4, 0.5) is 0 Å². The summed E-state index contributed by atoms with van der Waals surface area (Å²) >= 11 is 0. The summed E-state index contributed by atoms with van der Waals surface area (Å²) in [6, 6.07) is 0. The summed E-state index contributed by atoms with van der Waals surface area (Å²) in [5.41, 5.74) is -3.52. The molecule has 0 amide bonds. The Morgan fingerprint density at radius 1 is 0.600 bits per heavy atom. The van der Waals surface area contributed by atoms with Gasteiger partial charge in [0.1, 0.15) is 0 Å². The fourth-order valence-corrected chi connectivity index (χ4v) is 7.89. The molecule has 0 aromatic carbocycles. The molecule has 0 spiro atoms. The van der Waals surface area contributed by atoms with Gasteiger partial charge in [-0.1, -0.05) is 39.8 Å². The second-order valence-electron chi connectivity index (χ2n) is 19.6. The van der Waals surface area contributed by atoms with E-state index in [2.05, 4.69) is 67.5 Å². The van der Waals surface area contributed by atoms with Crippen LogP contribution in [0.1, 0.15) is 130 Å². The molecule has 7 unspecified atom stereocenters. The monoisotopic (exact) mass is 787 g/mol. The summed E-state index contributed by atoms with van der Waals surface area (Å²) < 4.78 is 49.6. The maximum absolute atomic E-state index is 11.1. The average molecular weight is 787 g/mol. The first-order chi connectivity index (χ1) is 25.4.